The van der Waals surface area contributed by atoms with Crippen LogP contribution >= 0.6 is 38.1 Å². The van der Waals surface area contributed by atoms with Gasteiger partial charge in [0.1, 0.15) is 54.1 Å². The van der Waals surface area contributed by atoms with Gasteiger partial charge in [-0.25, -0.2) is 34.0 Å². The van der Waals surface area contributed by atoms with Crippen LogP contribution in [-0.4, -0.2) is 86.1 Å². The van der Waals surface area contributed by atoms with Gasteiger partial charge in [0, 0.05) is 12.1 Å². The second kappa shape index (κ2) is 13.3. The maximum absolute atomic E-state index is 14.1. The van der Waals surface area contributed by atoms with Gasteiger partial charge in [-0.15, -0.1) is 0 Å². The molecule has 51 heavy (non-hydrogen) atoms. The number of hydrogen-bond acceptors (Lipinski definition) is 16. The fourth-order valence-corrected chi connectivity index (χ4v) is 10.5. The van der Waals surface area contributed by atoms with E-state index >= 15 is 0 Å². The number of nitrogens with two attached hydrogens (primary N) is 2. The lowest BCUT2D eigenvalue weighted by Crippen LogP contribution is -2.49. The predicted molar refractivity (Wildman–Crippen MR) is 196 cm³/mol. The van der Waals surface area contributed by atoms with E-state index in [-0.39, 0.29) is 29.9 Å². The molecule has 4 unspecified atom stereocenters. The molecule has 7 heterocycles. The van der Waals surface area contributed by atoms with Crippen molar-refractivity contribution in [2.24, 2.45) is 5.92 Å². The molecule has 0 amide bonds. The molecule has 0 spiro atoms. The highest BCUT2D eigenvalue weighted by Crippen LogP contribution is 2.61. The largest absolute Gasteiger partial charge is 0.407 e. The van der Waals surface area contributed by atoms with E-state index < -0.39 is 70.8 Å². The Bertz CT molecular complexity index is 2050. The van der Waals surface area contributed by atoms with Crippen LogP contribution in [0, 0.1) is 5.92 Å². The van der Waals surface area contributed by atoms with Crippen LogP contribution in [0.15, 0.2) is 31.2 Å². The van der Waals surface area contributed by atoms with Crippen LogP contribution in [0.2, 0.25) is 18.1 Å². The van der Waals surface area contributed by atoms with Gasteiger partial charge in [0.05, 0.1) is 31.0 Å². The summed E-state index contributed by atoms with van der Waals surface area (Å²) in [5, 5.41) is 0.342. The molecule has 3 aliphatic rings. The van der Waals surface area contributed by atoms with Gasteiger partial charge >= 0.3 is 13.6 Å². The number of rotatable bonds is 4. The summed E-state index contributed by atoms with van der Waals surface area (Å²) in [4.78, 5) is 21.3. The van der Waals surface area contributed by atoms with E-state index in [4.69, 9.17) is 43.5 Å². The minimum absolute atomic E-state index is 0.176. The molecular weight excluding hydrogens is 761 g/mol. The van der Waals surface area contributed by atoms with E-state index in [9.17, 15) is 9.13 Å². The number of ether oxygens (including phenoxy) is 2. The maximum atomic E-state index is 14.1. The Hall–Kier alpha value is -2.13. The van der Waals surface area contributed by atoms with Crippen LogP contribution in [0.3, 0.4) is 0 Å². The second-order valence-electron chi connectivity index (χ2n) is 14.3. The fourth-order valence-electron chi connectivity index (χ4n) is 6.21. The highest BCUT2D eigenvalue weighted by molar-refractivity contribution is 8.44. The average Bonchev–Trinajstić information content (AvgIpc) is 3.80. The van der Waals surface area contributed by atoms with Crippen molar-refractivity contribution in [2.45, 2.75) is 88.8 Å². The molecular formula is C28H41N9O9P2S2Si. The first kappa shape index (κ1) is 37.2. The molecule has 278 valence electrons. The van der Waals surface area contributed by atoms with Crippen LogP contribution < -0.4 is 11.5 Å². The summed E-state index contributed by atoms with van der Waals surface area (Å²) in [5.41, 5.74) is 13.4. The van der Waals surface area contributed by atoms with Gasteiger partial charge in [-0.3, -0.25) is 22.7 Å². The van der Waals surface area contributed by atoms with Crippen molar-refractivity contribution in [1.29, 1.82) is 0 Å². The van der Waals surface area contributed by atoms with Gasteiger partial charge in [0.2, 0.25) is 0 Å². The van der Waals surface area contributed by atoms with Gasteiger partial charge < -0.3 is 29.9 Å². The molecule has 7 rings (SSSR count). The Kier molecular flexibility index (Phi) is 9.71. The van der Waals surface area contributed by atoms with E-state index in [0.29, 0.717) is 22.2 Å². The Morgan fingerprint density at radius 2 is 1.47 bits per heavy atom. The van der Waals surface area contributed by atoms with Crippen LogP contribution in [-0.2, 0) is 41.1 Å². The summed E-state index contributed by atoms with van der Waals surface area (Å²) in [6.45, 7) is 3.29. The van der Waals surface area contributed by atoms with E-state index in [2.05, 4.69) is 83.3 Å². The third-order valence-corrected chi connectivity index (χ3v) is 17.7. The van der Waals surface area contributed by atoms with Crippen LogP contribution in [0.25, 0.3) is 22.2 Å². The van der Waals surface area contributed by atoms with Crippen LogP contribution in [0.1, 0.15) is 40.2 Å². The molecule has 23 heteroatoms. The molecule has 3 fully saturated rings. The van der Waals surface area contributed by atoms with E-state index in [1.54, 1.807) is 21.4 Å². The first-order valence-corrected chi connectivity index (χ1v) is 24.5. The van der Waals surface area contributed by atoms with Gasteiger partial charge in [-0.1, -0.05) is 52.2 Å². The number of fused-ring (bicyclic) bond motifs is 5. The van der Waals surface area contributed by atoms with Crippen molar-refractivity contribution >= 4 is 80.2 Å². The number of aromatic nitrogens is 7. The summed E-state index contributed by atoms with van der Waals surface area (Å²) in [6, 6.07) is 1.74. The molecule has 0 aliphatic carbocycles. The third-order valence-electron chi connectivity index (χ3n) is 10.0. The lowest BCUT2D eigenvalue weighted by Gasteiger charge is -2.40. The fraction of sp³-hybridized carbons (Fsp3) is 0.607. The number of nitrogens with zero attached hydrogens (tertiary/aromatic N) is 7. The average molecular weight is 802 g/mol. The van der Waals surface area contributed by atoms with Gasteiger partial charge in [0.15, 0.2) is 32.2 Å². The summed E-state index contributed by atoms with van der Waals surface area (Å²) < 4.78 is 75.6. The summed E-state index contributed by atoms with van der Waals surface area (Å²) in [6.07, 6.45) is -0.641. The van der Waals surface area contributed by atoms with Gasteiger partial charge in [-0.2, -0.15) is 0 Å². The van der Waals surface area contributed by atoms with E-state index in [0.717, 1.165) is 0 Å². The number of thiol groups is 2. The molecule has 4 aromatic rings. The number of imidazole rings is 1. The first-order chi connectivity index (χ1) is 23.9. The summed E-state index contributed by atoms with van der Waals surface area (Å²) >= 11 is 8.77. The predicted octanol–water partition coefficient (Wildman–Crippen LogP) is 5.15. The Labute approximate surface area is 305 Å². The molecule has 3 saturated heterocycles. The van der Waals surface area contributed by atoms with Crippen molar-refractivity contribution in [1.82, 2.24) is 34.1 Å². The van der Waals surface area contributed by atoms with E-state index in [1.807, 2.05) is 6.92 Å². The number of hydrogen-bond donors (Lipinski definition) is 4. The van der Waals surface area contributed by atoms with Crippen molar-refractivity contribution in [3.05, 3.63) is 31.2 Å². The summed E-state index contributed by atoms with van der Waals surface area (Å²) in [7, 11) is -2.59. The smallest absolute Gasteiger partial charge is 0.386 e. The Morgan fingerprint density at radius 1 is 0.863 bits per heavy atom. The third kappa shape index (κ3) is 7.01. The number of nitrogen functional groups attached to an aromatic ring is 2. The normalized spacial score (nSPS) is 35.4. The van der Waals surface area contributed by atoms with E-state index in [1.165, 1.54) is 19.0 Å². The Balaban J connectivity index is 1.25. The quantitative estimate of drug-likeness (QED) is 0.119. The molecule has 4 aromatic heterocycles. The van der Waals surface area contributed by atoms with Crippen molar-refractivity contribution in [2.75, 3.05) is 24.7 Å². The molecule has 10 atom stereocenters. The molecule has 18 nitrogen and oxygen atoms in total. The zero-order valence-corrected chi connectivity index (χ0v) is 33.2. The minimum Gasteiger partial charge on any atom is -0.407 e. The molecule has 0 saturated carbocycles. The van der Waals surface area contributed by atoms with Crippen molar-refractivity contribution in [3.8, 4) is 0 Å². The molecule has 0 aromatic carbocycles. The van der Waals surface area contributed by atoms with Crippen molar-refractivity contribution in [3.63, 3.8) is 0 Å². The standard InChI is InChI=1S/C28H41N9O9P2S2Si/c1-14-16-9-40-48(39,50)45-20-17(10-41-47(38,49)44-19(14)26(42-16)36-8-7-15-22(29)31-11-33-24(15)36)43-27(21(20)46-51(5,6)28(2,3)4)37-13-35-18-23(30)32-12-34-25(18)37/h7-8,11-14,16-17,19-21,26-27H,9-10H2,1-6H3,(H,38,49)(H,39,50)(H2,29,31,33)(H2,30,32,34)/t14-,16-,17?,19-,20-,21?,26-,27-,47?,48?/m1/s1. The van der Waals surface area contributed by atoms with Crippen LogP contribution in [0.5, 0.6) is 0 Å². The highest BCUT2D eigenvalue weighted by atomic mass is 32.7. The van der Waals surface area contributed by atoms with Crippen LogP contribution in [0.4, 0.5) is 11.6 Å². The van der Waals surface area contributed by atoms with Gasteiger partial charge in [0.25, 0.3) is 0 Å². The number of anilines is 2. The van der Waals surface area contributed by atoms with Crippen molar-refractivity contribution < 1.29 is 41.1 Å². The lowest BCUT2D eigenvalue weighted by atomic mass is 10.0. The zero-order valence-electron chi connectivity index (χ0n) is 28.7. The van der Waals surface area contributed by atoms with Gasteiger partial charge in [-0.05, 0) is 24.2 Å². The monoisotopic (exact) mass is 801 g/mol. The molecule has 0 radical (unpaired) electrons. The molecule has 2 bridgehead atoms. The second-order valence-corrected chi connectivity index (χ2v) is 24.8. The lowest BCUT2D eigenvalue weighted by molar-refractivity contribution is -0.0567. The first-order valence-electron chi connectivity index (χ1n) is 16.2. The Morgan fingerprint density at radius 3 is 2.16 bits per heavy atom. The maximum Gasteiger partial charge on any atom is 0.386 e. The summed E-state index contributed by atoms with van der Waals surface area (Å²) in [5.74, 6) is -0.0144. The highest BCUT2D eigenvalue weighted by Gasteiger charge is 2.55. The molecule has 3 aliphatic heterocycles. The molecule has 4 N–H and O–H groups in total. The SMILES string of the molecule is C[C@H]1[C@H]2OP(=O)(S)OCC3O[C@@H](n4cnc5c(N)ncnc54)C(O[Si](C)(C)C(C)(C)C)[C@@H]3OP(=O)(S)OC[C@H]1O[C@H]2n1ccc2c(N)ncnc21. The zero-order chi connectivity index (χ0) is 36.7. The topological polar surface area (TPSA) is 225 Å². The minimum atomic E-state index is -4.17.